The Balaban J connectivity index is 2.06. The molecule has 0 aromatic carbocycles. The van der Waals surface area contributed by atoms with Crippen LogP contribution in [0, 0.1) is 0 Å². The Morgan fingerprint density at radius 1 is 1.23 bits per heavy atom. The molecule has 0 radical (unpaired) electrons. The monoisotopic (exact) mass is 448 g/mol. The third-order valence-electron chi connectivity index (χ3n) is 3.99. The van der Waals surface area contributed by atoms with Crippen molar-refractivity contribution in [1.82, 2.24) is 19.5 Å². The molecule has 3 rings (SSSR count). The number of H-pyrrole nitrogens is 1. The summed E-state index contributed by atoms with van der Waals surface area (Å²) in [4.78, 5) is 63.2. The predicted molar refractivity (Wildman–Crippen MR) is 92.3 cm³/mol. The zero-order valence-electron chi connectivity index (χ0n) is 15.4. The first-order valence-electron chi connectivity index (χ1n) is 8.30. The minimum atomic E-state index is -5.16. The second kappa shape index (κ2) is 8.22. The van der Waals surface area contributed by atoms with Crippen LogP contribution in [0.5, 0.6) is 0 Å². The van der Waals surface area contributed by atoms with Gasteiger partial charge in [0.1, 0.15) is 0 Å². The number of hydrogen-bond donors (Lipinski definition) is 4. The quantitative estimate of drug-likeness (QED) is 0.221. The molecule has 1 aliphatic heterocycles. The molecule has 0 bridgehead atoms. The lowest BCUT2D eigenvalue weighted by atomic mass is 10.1. The van der Waals surface area contributed by atoms with Crippen molar-refractivity contribution in [3.63, 3.8) is 0 Å². The van der Waals surface area contributed by atoms with E-state index in [1.807, 2.05) is 0 Å². The number of esters is 2. The Morgan fingerprint density at radius 3 is 2.47 bits per heavy atom. The fraction of sp³-hybridized carbons (Fsp3) is 0.500. The van der Waals surface area contributed by atoms with Gasteiger partial charge < -0.3 is 34.1 Å². The Hall–Kier alpha value is -2.68. The van der Waals surface area contributed by atoms with Gasteiger partial charge >= 0.3 is 19.8 Å². The maximum atomic E-state index is 11.9. The van der Waals surface area contributed by atoms with Gasteiger partial charge in [-0.3, -0.25) is 23.5 Å². The summed E-state index contributed by atoms with van der Waals surface area (Å²) in [6.07, 6.45) is -6.03. The number of phosphoric acid groups is 1. The minimum Gasteiger partial charge on any atom is -0.455 e. The first-order chi connectivity index (χ1) is 14.0. The standard InChI is InChI=1S/C14H17N4O11P/c1-5(19)26-8-9(27-6(2)20)13(28-10(8)14(22)29-30(23,24)25)18-4-17-7-11(18)15-3-16-12(7)21/h3-4,8-10,13-14,22H,1-2H3,(H,15,16,21)(H2,23,24,25)/t8-,9-,10-,13+,14?/m0/s1. The number of ether oxygens (including phenoxy) is 3. The molecule has 0 saturated carbocycles. The second-order valence-electron chi connectivity index (χ2n) is 6.18. The average molecular weight is 448 g/mol. The van der Waals surface area contributed by atoms with Crippen molar-refractivity contribution in [3.05, 3.63) is 23.0 Å². The van der Waals surface area contributed by atoms with Crippen LogP contribution in [-0.2, 0) is 32.9 Å². The van der Waals surface area contributed by atoms with Gasteiger partial charge in [0, 0.05) is 13.8 Å². The van der Waals surface area contributed by atoms with Gasteiger partial charge in [-0.25, -0.2) is 14.5 Å². The number of nitrogens with one attached hydrogen (secondary N) is 1. The van der Waals surface area contributed by atoms with Crippen LogP contribution in [0.1, 0.15) is 20.1 Å². The Morgan fingerprint density at radius 2 is 1.87 bits per heavy atom. The number of aromatic nitrogens is 4. The Kier molecular flexibility index (Phi) is 6.03. The maximum Gasteiger partial charge on any atom is 0.472 e. The number of fused-ring (bicyclic) bond motifs is 1. The van der Waals surface area contributed by atoms with Crippen molar-refractivity contribution < 1.29 is 47.8 Å². The lowest BCUT2D eigenvalue weighted by molar-refractivity contribution is -0.178. The molecule has 15 nitrogen and oxygen atoms in total. The normalized spacial score (nSPS) is 25.2. The van der Waals surface area contributed by atoms with E-state index in [2.05, 4.69) is 19.5 Å². The number of carbonyl (C=O) groups excluding carboxylic acids is 2. The molecule has 16 heteroatoms. The van der Waals surface area contributed by atoms with Gasteiger partial charge in [-0.2, -0.15) is 0 Å². The van der Waals surface area contributed by atoms with Gasteiger partial charge in [0.25, 0.3) is 5.56 Å². The lowest BCUT2D eigenvalue weighted by Crippen LogP contribution is -2.44. The summed E-state index contributed by atoms with van der Waals surface area (Å²) in [7, 11) is -5.16. The van der Waals surface area contributed by atoms with E-state index in [1.165, 1.54) is 4.57 Å². The third kappa shape index (κ3) is 4.56. The van der Waals surface area contributed by atoms with E-state index >= 15 is 0 Å². The second-order valence-corrected chi connectivity index (χ2v) is 7.37. The number of carbonyl (C=O) groups is 2. The average Bonchev–Trinajstić information content (AvgIpc) is 3.16. The number of hydrogen-bond acceptors (Lipinski definition) is 11. The molecule has 2 aromatic heterocycles. The van der Waals surface area contributed by atoms with Gasteiger partial charge in [0.15, 0.2) is 42.0 Å². The molecular formula is C14H17N4O11P. The molecule has 4 N–H and O–H groups in total. The third-order valence-corrected chi connectivity index (χ3v) is 4.49. The fourth-order valence-electron chi connectivity index (χ4n) is 3.01. The van der Waals surface area contributed by atoms with Crippen molar-refractivity contribution >= 4 is 30.9 Å². The molecule has 1 unspecified atom stereocenters. The van der Waals surface area contributed by atoms with Gasteiger partial charge in [-0.15, -0.1) is 0 Å². The minimum absolute atomic E-state index is 0.00789. The number of nitrogens with zero attached hydrogens (tertiary/aromatic N) is 3. The van der Waals surface area contributed by atoms with Gasteiger partial charge in [0.05, 0.1) is 12.7 Å². The van der Waals surface area contributed by atoms with Crippen molar-refractivity contribution in [2.45, 2.75) is 44.7 Å². The van der Waals surface area contributed by atoms with Crippen LogP contribution >= 0.6 is 7.82 Å². The fourth-order valence-corrected chi connectivity index (χ4v) is 3.41. The summed E-state index contributed by atoms with van der Waals surface area (Å²) in [5, 5.41) is 10.1. The van der Waals surface area contributed by atoms with E-state index < -0.39 is 56.2 Å². The molecule has 1 aliphatic rings. The van der Waals surface area contributed by atoms with Crippen LogP contribution in [0.4, 0.5) is 0 Å². The lowest BCUT2D eigenvalue weighted by Gasteiger charge is -2.25. The Bertz CT molecular complexity index is 1060. The summed E-state index contributed by atoms with van der Waals surface area (Å²) in [5.74, 6) is -1.67. The molecule has 2 aromatic rings. The number of aromatic amines is 1. The topological polar surface area (TPSA) is 212 Å². The highest BCUT2D eigenvalue weighted by molar-refractivity contribution is 7.46. The van der Waals surface area contributed by atoms with Crippen LogP contribution in [0.3, 0.4) is 0 Å². The van der Waals surface area contributed by atoms with Crippen molar-refractivity contribution in [1.29, 1.82) is 0 Å². The number of aliphatic hydroxyl groups is 1. The summed E-state index contributed by atoms with van der Waals surface area (Å²) < 4.78 is 32.4. The highest BCUT2D eigenvalue weighted by Gasteiger charge is 2.54. The zero-order chi connectivity index (χ0) is 22.2. The van der Waals surface area contributed by atoms with E-state index in [1.54, 1.807) is 0 Å². The van der Waals surface area contributed by atoms with Crippen molar-refractivity contribution in [2.75, 3.05) is 0 Å². The molecule has 3 heterocycles. The summed E-state index contributed by atoms with van der Waals surface area (Å²) in [6.45, 7) is 2.09. The zero-order valence-corrected chi connectivity index (χ0v) is 16.3. The van der Waals surface area contributed by atoms with Crippen molar-refractivity contribution in [2.24, 2.45) is 0 Å². The van der Waals surface area contributed by atoms with E-state index in [0.29, 0.717) is 0 Å². The molecule has 1 fully saturated rings. The molecule has 1 saturated heterocycles. The van der Waals surface area contributed by atoms with Gasteiger partial charge in [0.2, 0.25) is 0 Å². The maximum absolute atomic E-state index is 11.9. The van der Waals surface area contributed by atoms with Crippen molar-refractivity contribution in [3.8, 4) is 0 Å². The molecule has 0 aliphatic carbocycles. The SMILES string of the molecule is CC(=O)O[C@H]1[C@H](OC(C)=O)[C@H](n2cnc3c(=O)[nH]cnc32)O[C@@H]1C(O)OP(=O)(O)O. The number of phosphoric ester groups is 1. The highest BCUT2D eigenvalue weighted by atomic mass is 31.2. The Labute approximate surface area is 166 Å². The smallest absolute Gasteiger partial charge is 0.455 e. The number of rotatable bonds is 6. The predicted octanol–water partition coefficient (Wildman–Crippen LogP) is -1.69. The van der Waals surface area contributed by atoms with E-state index in [4.69, 9.17) is 24.0 Å². The van der Waals surface area contributed by atoms with Gasteiger partial charge in [-0.1, -0.05) is 0 Å². The summed E-state index contributed by atoms with van der Waals surface area (Å²) >= 11 is 0. The van der Waals surface area contributed by atoms with Crippen LogP contribution in [0.15, 0.2) is 17.4 Å². The first kappa shape index (κ1) is 22.0. The van der Waals surface area contributed by atoms with Crippen LogP contribution in [0.25, 0.3) is 11.2 Å². The molecule has 30 heavy (non-hydrogen) atoms. The molecule has 5 atom stereocenters. The highest BCUT2D eigenvalue weighted by Crippen LogP contribution is 2.42. The number of aliphatic hydroxyl groups excluding tert-OH is 1. The molecule has 0 spiro atoms. The van der Waals surface area contributed by atoms with Crippen LogP contribution < -0.4 is 5.56 Å². The molecule has 0 amide bonds. The van der Waals surface area contributed by atoms with Gasteiger partial charge in [-0.05, 0) is 0 Å². The first-order valence-corrected chi connectivity index (χ1v) is 9.83. The number of imidazole rings is 1. The molecular weight excluding hydrogens is 431 g/mol. The van der Waals surface area contributed by atoms with E-state index in [0.717, 1.165) is 26.5 Å². The van der Waals surface area contributed by atoms with Crippen LogP contribution in [0.2, 0.25) is 0 Å². The van der Waals surface area contributed by atoms with E-state index in [9.17, 15) is 24.1 Å². The largest absolute Gasteiger partial charge is 0.472 e. The van der Waals surface area contributed by atoms with E-state index in [-0.39, 0.29) is 11.2 Å². The molecule has 164 valence electrons. The summed E-state index contributed by atoms with van der Waals surface area (Å²) in [5.41, 5.74) is -0.644. The van der Waals surface area contributed by atoms with Crippen LogP contribution in [-0.4, -0.2) is 71.0 Å². The summed E-state index contributed by atoms with van der Waals surface area (Å²) in [6, 6.07) is 0.